The van der Waals surface area contributed by atoms with Gasteiger partial charge in [0, 0.05) is 44.5 Å². The first kappa shape index (κ1) is 17.6. The first-order valence-corrected chi connectivity index (χ1v) is 9.76. The molecule has 0 atom stereocenters. The highest BCUT2D eigenvalue weighted by Crippen LogP contribution is 2.20. The Balaban J connectivity index is 1.32. The summed E-state index contributed by atoms with van der Waals surface area (Å²) in [5.74, 6) is 0.443. The molecular weight excluding hydrogens is 366 g/mol. The van der Waals surface area contributed by atoms with E-state index >= 15 is 0 Å². The number of nitrogen functional groups attached to an aromatic ring is 1. The van der Waals surface area contributed by atoms with Crippen LogP contribution in [0.3, 0.4) is 0 Å². The van der Waals surface area contributed by atoms with E-state index in [0.717, 1.165) is 49.4 Å². The monoisotopic (exact) mass is 389 g/mol. The summed E-state index contributed by atoms with van der Waals surface area (Å²) < 4.78 is 1.97. The maximum absolute atomic E-state index is 5.90. The normalized spacial score (nSPS) is 14.6. The highest BCUT2D eigenvalue weighted by molar-refractivity contribution is 5.76. The second kappa shape index (κ2) is 7.51. The Morgan fingerprint density at radius 2 is 1.97 bits per heavy atom. The summed E-state index contributed by atoms with van der Waals surface area (Å²) in [7, 11) is 0. The average Bonchev–Trinajstić information content (AvgIpc) is 3.38. The predicted molar refractivity (Wildman–Crippen MR) is 112 cm³/mol. The smallest absolute Gasteiger partial charge is 0.203 e. The van der Waals surface area contributed by atoms with Crippen molar-refractivity contribution in [1.29, 1.82) is 0 Å². The number of H-pyrrole nitrogens is 1. The molecule has 0 unspecified atom stereocenters. The highest BCUT2D eigenvalue weighted by Gasteiger charge is 2.12. The van der Waals surface area contributed by atoms with E-state index in [0.29, 0.717) is 17.9 Å². The minimum absolute atomic E-state index is 0.443. The van der Waals surface area contributed by atoms with E-state index in [1.807, 2.05) is 16.9 Å². The number of hydrogen-bond donors (Lipinski definition) is 3. The fraction of sp³-hybridized carbons (Fsp3) is 0.300. The Kier molecular flexibility index (Phi) is 4.57. The third-order valence-corrected chi connectivity index (χ3v) is 5.21. The average molecular weight is 389 g/mol. The Bertz CT molecular complexity index is 1120. The number of nitrogens with two attached hydrogens (primary N) is 1. The number of fused-ring (bicyclic) bond motifs is 1. The van der Waals surface area contributed by atoms with Crippen LogP contribution in [0.15, 0.2) is 42.7 Å². The number of hydrogen-bond acceptors (Lipinski definition) is 7. The molecule has 4 heterocycles. The number of aromatic amines is 1. The molecule has 29 heavy (non-hydrogen) atoms. The van der Waals surface area contributed by atoms with E-state index in [9.17, 15) is 0 Å². The zero-order valence-corrected chi connectivity index (χ0v) is 16.0. The van der Waals surface area contributed by atoms with Crippen molar-refractivity contribution in [3.05, 3.63) is 59.4 Å². The zero-order valence-electron chi connectivity index (χ0n) is 16.0. The van der Waals surface area contributed by atoms with Gasteiger partial charge in [-0.15, -0.1) is 5.10 Å². The summed E-state index contributed by atoms with van der Waals surface area (Å²) in [5, 5.41) is 18.8. The summed E-state index contributed by atoms with van der Waals surface area (Å²) in [5.41, 5.74) is 11.8. The molecule has 4 aromatic rings. The van der Waals surface area contributed by atoms with Crippen molar-refractivity contribution in [2.45, 2.75) is 13.0 Å². The minimum atomic E-state index is 0.443. The number of anilines is 2. The summed E-state index contributed by atoms with van der Waals surface area (Å²) in [6, 6.07) is 10.6. The minimum Gasteiger partial charge on any atom is -0.384 e. The number of nitrogens with zero attached hydrogens (tertiary/aromatic N) is 6. The molecular formula is C20H23N9. The van der Waals surface area contributed by atoms with Gasteiger partial charge in [-0.2, -0.15) is 15.4 Å². The molecule has 0 aliphatic carbocycles. The predicted octanol–water partition coefficient (Wildman–Crippen LogP) is 1.18. The number of benzene rings is 1. The maximum Gasteiger partial charge on any atom is 0.203 e. The van der Waals surface area contributed by atoms with Gasteiger partial charge in [0.1, 0.15) is 11.3 Å². The molecule has 9 nitrogen and oxygen atoms in total. The summed E-state index contributed by atoms with van der Waals surface area (Å²) in [6.07, 6.45) is 4.64. The summed E-state index contributed by atoms with van der Waals surface area (Å²) >= 11 is 0. The van der Waals surface area contributed by atoms with Crippen molar-refractivity contribution in [1.82, 2.24) is 35.5 Å². The van der Waals surface area contributed by atoms with Gasteiger partial charge in [-0.3, -0.25) is 4.68 Å². The standard InChI is InChI=1S/C20H23N9/c21-18-10-16(19-20(24-18)26-27-25-19)8-15-11-23-29(13-15)12-14-2-1-3-17(9-14)28-6-4-22-5-7-28/h1-3,9-11,13,22H,4-8,12H2,(H3,21,24,25,26,27). The Morgan fingerprint density at radius 1 is 1.07 bits per heavy atom. The molecule has 1 fully saturated rings. The van der Waals surface area contributed by atoms with E-state index in [2.05, 4.69) is 66.2 Å². The number of nitrogens with one attached hydrogen (secondary N) is 2. The van der Waals surface area contributed by atoms with Crippen molar-refractivity contribution >= 4 is 22.7 Å². The number of rotatable bonds is 5. The number of pyridine rings is 1. The van der Waals surface area contributed by atoms with Gasteiger partial charge < -0.3 is 16.0 Å². The lowest BCUT2D eigenvalue weighted by molar-refractivity contribution is 0.589. The molecule has 0 saturated carbocycles. The molecule has 1 aromatic carbocycles. The molecule has 9 heteroatoms. The van der Waals surface area contributed by atoms with Gasteiger partial charge in [-0.25, -0.2) is 4.98 Å². The third-order valence-electron chi connectivity index (χ3n) is 5.21. The molecule has 0 amide bonds. The van der Waals surface area contributed by atoms with Crippen LogP contribution in [0.2, 0.25) is 0 Å². The fourth-order valence-electron chi connectivity index (χ4n) is 3.82. The molecule has 0 bridgehead atoms. The van der Waals surface area contributed by atoms with Crippen LogP contribution >= 0.6 is 0 Å². The van der Waals surface area contributed by atoms with Gasteiger partial charge in [-0.1, -0.05) is 12.1 Å². The molecule has 0 radical (unpaired) electrons. The van der Waals surface area contributed by atoms with Crippen LogP contribution in [0.1, 0.15) is 16.7 Å². The zero-order chi connectivity index (χ0) is 19.6. The van der Waals surface area contributed by atoms with Crippen LogP contribution in [0.5, 0.6) is 0 Å². The lowest BCUT2D eigenvalue weighted by atomic mass is 10.1. The molecule has 1 saturated heterocycles. The van der Waals surface area contributed by atoms with E-state index in [-0.39, 0.29) is 0 Å². The van der Waals surface area contributed by atoms with Crippen molar-refractivity contribution in [3.63, 3.8) is 0 Å². The van der Waals surface area contributed by atoms with Gasteiger partial charge in [0.05, 0.1) is 12.7 Å². The topological polar surface area (TPSA) is 114 Å². The van der Waals surface area contributed by atoms with Gasteiger partial charge >= 0.3 is 0 Å². The van der Waals surface area contributed by atoms with Gasteiger partial charge in [-0.05, 0) is 34.9 Å². The maximum atomic E-state index is 5.90. The Morgan fingerprint density at radius 3 is 2.86 bits per heavy atom. The van der Waals surface area contributed by atoms with Gasteiger partial charge in [0.25, 0.3) is 0 Å². The van der Waals surface area contributed by atoms with Crippen molar-refractivity contribution in [2.24, 2.45) is 0 Å². The van der Waals surface area contributed by atoms with E-state index in [1.54, 1.807) is 0 Å². The summed E-state index contributed by atoms with van der Waals surface area (Å²) in [6.45, 7) is 4.88. The molecule has 1 aliphatic rings. The molecule has 148 valence electrons. The van der Waals surface area contributed by atoms with Gasteiger partial charge in [0.2, 0.25) is 5.65 Å². The highest BCUT2D eigenvalue weighted by atomic mass is 15.3. The number of aromatic nitrogens is 6. The largest absolute Gasteiger partial charge is 0.384 e. The SMILES string of the molecule is Nc1cc(Cc2cnn(Cc3cccc(N4CCNCC4)c3)c2)c2n[nH]nc2n1. The van der Waals surface area contributed by atoms with Crippen LogP contribution in [-0.2, 0) is 13.0 Å². The first-order chi connectivity index (χ1) is 14.2. The van der Waals surface area contributed by atoms with Crippen LogP contribution in [0.25, 0.3) is 11.2 Å². The van der Waals surface area contributed by atoms with Crippen LogP contribution in [-0.4, -0.2) is 56.4 Å². The first-order valence-electron chi connectivity index (χ1n) is 9.76. The lowest BCUT2D eigenvalue weighted by Gasteiger charge is -2.29. The van der Waals surface area contributed by atoms with Crippen molar-refractivity contribution in [3.8, 4) is 0 Å². The quantitative estimate of drug-likeness (QED) is 0.470. The fourth-order valence-corrected chi connectivity index (χ4v) is 3.82. The van der Waals surface area contributed by atoms with Crippen LogP contribution < -0.4 is 16.0 Å². The van der Waals surface area contributed by atoms with Gasteiger partial charge in [0.15, 0.2) is 0 Å². The molecule has 4 N–H and O–H groups in total. The summed E-state index contributed by atoms with van der Waals surface area (Å²) in [4.78, 5) is 6.61. The van der Waals surface area contributed by atoms with Crippen molar-refractivity contribution in [2.75, 3.05) is 36.8 Å². The molecule has 3 aromatic heterocycles. The molecule has 1 aliphatic heterocycles. The van der Waals surface area contributed by atoms with E-state index in [1.165, 1.54) is 11.3 Å². The number of piperazine rings is 1. The van der Waals surface area contributed by atoms with Crippen LogP contribution in [0, 0.1) is 0 Å². The van der Waals surface area contributed by atoms with E-state index in [4.69, 9.17) is 5.73 Å². The van der Waals surface area contributed by atoms with E-state index < -0.39 is 0 Å². The Hall–Kier alpha value is -3.46. The van der Waals surface area contributed by atoms with Crippen molar-refractivity contribution < 1.29 is 0 Å². The Labute approximate surface area is 167 Å². The second-order valence-electron chi connectivity index (χ2n) is 7.33. The molecule has 0 spiro atoms. The lowest BCUT2D eigenvalue weighted by Crippen LogP contribution is -2.43. The van der Waals surface area contributed by atoms with Crippen LogP contribution in [0.4, 0.5) is 11.5 Å². The second-order valence-corrected chi connectivity index (χ2v) is 7.33. The third kappa shape index (κ3) is 3.77. The molecule has 5 rings (SSSR count).